The number of hydrogen-bond donors (Lipinski definition) is 1. The maximum atomic E-state index is 4.09. The molecule has 0 saturated heterocycles. The smallest absolute Gasteiger partial charge is 0.137 e. The Morgan fingerprint density at radius 2 is 2.38 bits per heavy atom. The third-order valence-electron chi connectivity index (χ3n) is 3.24. The predicted molar refractivity (Wildman–Crippen MR) is 64.1 cm³/mol. The molecule has 0 aliphatic heterocycles. The lowest BCUT2D eigenvalue weighted by molar-refractivity contribution is 0.449. The van der Waals surface area contributed by atoms with Crippen LogP contribution < -0.4 is 5.32 Å². The zero-order chi connectivity index (χ0) is 11.2. The Morgan fingerprint density at radius 3 is 3.06 bits per heavy atom. The molecule has 0 radical (unpaired) electrons. The Labute approximate surface area is 97.5 Å². The molecule has 0 bridgehead atoms. The molecular formula is C12H22N4. The van der Waals surface area contributed by atoms with E-state index < -0.39 is 0 Å². The summed E-state index contributed by atoms with van der Waals surface area (Å²) in [4.78, 5) is 3.93. The lowest BCUT2D eigenvalue weighted by Gasteiger charge is -2.13. The molecule has 1 saturated carbocycles. The van der Waals surface area contributed by atoms with E-state index in [1.165, 1.54) is 25.7 Å². The van der Waals surface area contributed by atoms with Crippen LogP contribution in [0.4, 0.5) is 0 Å². The van der Waals surface area contributed by atoms with Crippen molar-refractivity contribution in [2.45, 2.75) is 51.6 Å². The van der Waals surface area contributed by atoms with E-state index in [1.54, 1.807) is 12.7 Å². The van der Waals surface area contributed by atoms with Crippen LogP contribution in [0.5, 0.6) is 0 Å². The van der Waals surface area contributed by atoms with Gasteiger partial charge in [-0.3, -0.25) is 4.68 Å². The van der Waals surface area contributed by atoms with Crippen molar-refractivity contribution in [3.63, 3.8) is 0 Å². The van der Waals surface area contributed by atoms with Crippen molar-refractivity contribution in [1.82, 2.24) is 20.1 Å². The van der Waals surface area contributed by atoms with Crippen molar-refractivity contribution < 1.29 is 0 Å². The fraction of sp³-hybridized carbons (Fsp3) is 0.833. The van der Waals surface area contributed by atoms with E-state index in [4.69, 9.17) is 0 Å². The largest absolute Gasteiger partial charge is 0.314 e. The maximum Gasteiger partial charge on any atom is 0.137 e. The first-order chi connectivity index (χ1) is 7.84. The van der Waals surface area contributed by atoms with E-state index in [0.717, 1.165) is 25.4 Å². The van der Waals surface area contributed by atoms with Crippen LogP contribution in [0.2, 0.25) is 0 Å². The topological polar surface area (TPSA) is 42.7 Å². The van der Waals surface area contributed by atoms with Crippen molar-refractivity contribution in [2.24, 2.45) is 5.92 Å². The van der Waals surface area contributed by atoms with Gasteiger partial charge < -0.3 is 5.32 Å². The maximum absolute atomic E-state index is 4.09. The fourth-order valence-corrected chi connectivity index (χ4v) is 1.92. The highest BCUT2D eigenvalue weighted by molar-refractivity contribution is 4.73. The van der Waals surface area contributed by atoms with Crippen LogP contribution in [-0.4, -0.2) is 27.4 Å². The van der Waals surface area contributed by atoms with Gasteiger partial charge in [0, 0.05) is 12.6 Å². The molecule has 1 aliphatic rings. The van der Waals surface area contributed by atoms with E-state index in [0.29, 0.717) is 6.04 Å². The molecule has 0 aromatic carbocycles. The Morgan fingerprint density at radius 1 is 1.50 bits per heavy atom. The second-order valence-electron chi connectivity index (χ2n) is 4.89. The molecule has 1 fully saturated rings. The molecule has 1 atom stereocenters. The first-order valence-corrected chi connectivity index (χ1v) is 6.40. The number of aryl methyl sites for hydroxylation is 1. The molecule has 1 N–H and O–H groups in total. The molecule has 4 heteroatoms. The van der Waals surface area contributed by atoms with Crippen LogP contribution in [0.1, 0.15) is 39.0 Å². The van der Waals surface area contributed by atoms with Crippen LogP contribution in [0.25, 0.3) is 0 Å². The molecule has 90 valence electrons. The van der Waals surface area contributed by atoms with Gasteiger partial charge >= 0.3 is 0 Å². The lowest BCUT2D eigenvalue weighted by Crippen LogP contribution is -2.28. The average Bonchev–Trinajstić information content (AvgIpc) is 2.96. The monoisotopic (exact) mass is 222 g/mol. The van der Waals surface area contributed by atoms with Gasteiger partial charge in [-0.25, -0.2) is 4.98 Å². The predicted octanol–water partition coefficient (Wildman–Crippen LogP) is 1.84. The standard InChI is InChI=1S/C12H22N4/c1-11(6-8-16-10-13-9-15-16)14-7-2-3-12-4-5-12/h9-12,14H,2-8H2,1H3. The zero-order valence-electron chi connectivity index (χ0n) is 10.1. The first kappa shape index (κ1) is 11.6. The van der Waals surface area contributed by atoms with Gasteiger partial charge in [-0.1, -0.05) is 12.8 Å². The highest BCUT2D eigenvalue weighted by Gasteiger charge is 2.19. The Hall–Kier alpha value is -0.900. The van der Waals surface area contributed by atoms with Gasteiger partial charge in [0.25, 0.3) is 0 Å². The molecule has 0 amide bonds. The van der Waals surface area contributed by atoms with Gasteiger partial charge in [-0.05, 0) is 38.6 Å². The second-order valence-corrected chi connectivity index (χ2v) is 4.89. The van der Waals surface area contributed by atoms with Crippen LogP contribution in [0.15, 0.2) is 12.7 Å². The fourth-order valence-electron chi connectivity index (χ4n) is 1.92. The summed E-state index contributed by atoms with van der Waals surface area (Å²) in [7, 11) is 0. The normalized spacial score (nSPS) is 17.6. The zero-order valence-corrected chi connectivity index (χ0v) is 10.1. The van der Waals surface area contributed by atoms with Gasteiger partial charge in [0.2, 0.25) is 0 Å². The van der Waals surface area contributed by atoms with Crippen molar-refractivity contribution in [3.05, 3.63) is 12.7 Å². The van der Waals surface area contributed by atoms with Crippen molar-refractivity contribution in [1.29, 1.82) is 0 Å². The quantitative estimate of drug-likeness (QED) is 0.682. The summed E-state index contributed by atoms with van der Waals surface area (Å²) in [6, 6.07) is 0.573. The van der Waals surface area contributed by atoms with Crippen molar-refractivity contribution >= 4 is 0 Å². The summed E-state index contributed by atoms with van der Waals surface area (Å²) in [6.07, 6.45) is 10.2. The molecule has 4 nitrogen and oxygen atoms in total. The lowest BCUT2D eigenvalue weighted by atomic mass is 10.2. The molecule has 0 spiro atoms. The van der Waals surface area contributed by atoms with E-state index in [-0.39, 0.29) is 0 Å². The van der Waals surface area contributed by atoms with Gasteiger partial charge in [-0.2, -0.15) is 5.10 Å². The molecule has 2 rings (SSSR count). The Balaban J connectivity index is 1.48. The van der Waals surface area contributed by atoms with E-state index in [9.17, 15) is 0 Å². The Bertz CT molecular complexity index is 279. The summed E-state index contributed by atoms with van der Waals surface area (Å²) in [5.74, 6) is 1.06. The van der Waals surface area contributed by atoms with Gasteiger partial charge in [0.15, 0.2) is 0 Å². The average molecular weight is 222 g/mol. The summed E-state index contributed by atoms with van der Waals surface area (Å²) >= 11 is 0. The number of aromatic nitrogens is 3. The molecule has 1 aromatic rings. The van der Waals surface area contributed by atoms with Gasteiger partial charge in [0.05, 0.1) is 0 Å². The molecule has 1 aromatic heterocycles. The molecule has 16 heavy (non-hydrogen) atoms. The minimum atomic E-state index is 0.573. The summed E-state index contributed by atoms with van der Waals surface area (Å²) in [5.41, 5.74) is 0. The Kier molecular flexibility index (Phi) is 4.34. The number of rotatable bonds is 8. The highest BCUT2D eigenvalue weighted by atomic mass is 15.3. The summed E-state index contributed by atoms with van der Waals surface area (Å²) in [6.45, 7) is 4.36. The molecule has 1 unspecified atom stereocenters. The van der Waals surface area contributed by atoms with Crippen LogP contribution in [0.3, 0.4) is 0 Å². The molecule has 1 aliphatic carbocycles. The van der Waals surface area contributed by atoms with E-state index >= 15 is 0 Å². The minimum absolute atomic E-state index is 0.573. The number of hydrogen-bond acceptors (Lipinski definition) is 3. The first-order valence-electron chi connectivity index (χ1n) is 6.40. The van der Waals surface area contributed by atoms with Crippen LogP contribution in [-0.2, 0) is 6.54 Å². The summed E-state index contributed by atoms with van der Waals surface area (Å²) in [5, 5.41) is 7.66. The third kappa shape index (κ3) is 4.31. The minimum Gasteiger partial charge on any atom is -0.314 e. The highest BCUT2D eigenvalue weighted by Crippen LogP contribution is 2.33. The van der Waals surface area contributed by atoms with Crippen molar-refractivity contribution in [2.75, 3.05) is 6.54 Å². The summed E-state index contributed by atoms with van der Waals surface area (Å²) < 4.78 is 1.89. The van der Waals surface area contributed by atoms with Crippen LogP contribution in [0, 0.1) is 5.92 Å². The number of nitrogens with one attached hydrogen (secondary N) is 1. The van der Waals surface area contributed by atoms with Gasteiger partial charge in [0.1, 0.15) is 12.7 Å². The van der Waals surface area contributed by atoms with Crippen molar-refractivity contribution in [3.8, 4) is 0 Å². The number of nitrogens with zero attached hydrogens (tertiary/aromatic N) is 3. The molecular weight excluding hydrogens is 200 g/mol. The van der Waals surface area contributed by atoms with Crippen LogP contribution >= 0.6 is 0 Å². The van der Waals surface area contributed by atoms with E-state index in [2.05, 4.69) is 22.3 Å². The van der Waals surface area contributed by atoms with E-state index in [1.807, 2.05) is 4.68 Å². The second kappa shape index (κ2) is 5.99. The molecule has 1 heterocycles. The van der Waals surface area contributed by atoms with Gasteiger partial charge in [-0.15, -0.1) is 0 Å². The third-order valence-corrected chi connectivity index (χ3v) is 3.24. The SMILES string of the molecule is CC(CCn1cncn1)NCCCC1CC1.